The summed E-state index contributed by atoms with van der Waals surface area (Å²) in [5.41, 5.74) is 0. The number of aromatic nitrogens is 2. The van der Waals surface area contributed by atoms with Gasteiger partial charge in [0.25, 0.3) is 0 Å². The Morgan fingerprint density at radius 1 is 1.16 bits per heavy atom. The molecule has 0 spiro atoms. The van der Waals surface area contributed by atoms with E-state index in [4.69, 9.17) is 11.6 Å². The van der Waals surface area contributed by atoms with Crippen LogP contribution in [-0.2, 0) is 0 Å². The lowest BCUT2D eigenvalue weighted by molar-refractivity contribution is -0.0347. The highest BCUT2D eigenvalue weighted by Crippen LogP contribution is 2.38. The maximum absolute atomic E-state index is 13.0. The van der Waals surface area contributed by atoms with Gasteiger partial charge < -0.3 is 25.7 Å². The van der Waals surface area contributed by atoms with E-state index in [0.717, 1.165) is 50.9 Å². The minimum absolute atomic E-state index is 0.0293. The van der Waals surface area contributed by atoms with Gasteiger partial charge in [-0.15, -0.1) is 16.7 Å². The molecule has 0 radical (unpaired) electrons. The first-order valence-electron chi connectivity index (χ1n) is 11.6. The molecule has 9 heteroatoms. The number of anilines is 1. The summed E-state index contributed by atoms with van der Waals surface area (Å²) in [5.74, 6) is 1.13. The summed E-state index contributed by atoms with van der Waals surface area (Å²) in [4.78, 5) is 15.1. The SMILES string of the molecule is O=C(NC1CCN(c2cccnn2)C1)NC(C1CCC(O)C(O)C1)C1CCCCC1Cl. The van der Waals surface area contributed by atoms with Crippen LogP contribution in [0.1, 0.15) is 51.4 Å². The third-order valence-electron chi connectivity index (χ3n) is 7.23. The second-order valence-electron chi connectivity index (χ2n) is 9.33. The zero-order chi connectivity index (χ0) is 21.8. The molecule has 2 amide bonds. The van der Waals surface area contributed by atoms with Crippen molar-refractivity contribution in [1.82, 2.24) is 20.8 Å². The zero-order valence-corrected chi connectivity index (χ0v) is 18.6. The lowest BCUT2D eigenvalue weighted by Crippen LogP contribution is -2.55. The van der Waals surface area contributed by atoms with Gasteiger partial charge in [0.15, 0.2) is 5.82 Å². The molecule has 3 aliphatic rings. The van der Waals surface area contributed by atoms with Crippen LogP contribution in [0.25, 0.3) is 0 Å². The number of carbonyl (C=O) groups is 1. The van der Waals surface area contributed by atoms with Crippen molar-refractivity contribution in [3.05, 3.63) is 18.3 Å². The molecule has 0 bridgehead atoms. The molecule has 1 aromatic rings. The van der Waals surface area contributed by atoms with Crippen molar-refractivity contribution in [2.45, 2.75) is 81.0 Å². The van der Waals surface area contributed by atoms with Crippen molar-refractivity contribution >= 4 is 23.4 Å². The Balaban J connectivity index is 1.37. The van der Waals surface area contributed by atoms with E-state index in [0.29, 0.717) is 19.4 Å². The third-order valence-corrected chi connectivity index (χ3v) is 7.77. The zero-order valence-electron chi connectivity index (χ0n) is 17.9. The van der Waals surface area contributed by atoms with Crippen molar-refractivity contribution in [2.75, 3.05) is 18.0 Å². The third kappa shape index (κ3) is 5.59. The number of aliphatic hydroxyl groups is 2. The van der Waals surface area contributed by atoms with Crippen LogP contribution >= 0.6 is 11.6 Å². The summed E-state index contributed by atoms with van der Waals surface area (Å²) >= 11 is 6.70. The molecule has 1 aromatic heterocycles. The normalized spacial score (nSPS) is 34.9. The van der Waals surface area contributed by atoms with Crippen molar-refractivity contribution < 1.29 is 15.0 Å². The first kappa shape index (κ1) is 22.6. The average molecular weight is 452 g/mol. The predicted molar refractivity (Wildman–Crippen MR) is 119 cm³/mol. The number of amides is 2. The summed E-state index contributed by atoms with van der Waals surface area (Å²) in [6, 6.07) is 3.56. The fourth-order valence-electron chi connectivity index (χ4n) is 5.51. The number of nitrogens with one attached hydrogen (secondary N) is 2. The highest BCUT2D eigenvalue weighted by atomic mass is 35.5. The summed E-state index contributed by atoms with van der Waals surface area (Å²) in [5, 5.41) is 34.7. The molecule has 4 N–H and O–H groups in total. The Morgan fingerprint density at radius 3 is 2.74 bits per heavy atom. The standard InChI is InChI=1S/C22H34ClN5O3/c23-17-5-2-1-4-16(17)21(14-7-8-18(29)19(30)12-14)26-22(31)25-15-9-11-28(13-15)20-6-3-10-24-27-20/h3,6,10,14-19,21,29-30H,1-2,4-5,7-9,11-13H2,(H2,25,26,31). The van der Waals surface area contributed by atoms with Crippen LogP contribution in [0, 0.1) is 11.8 Å². The number of alkyl halides is 1. The average Bonchev–Trinajstić information content (AvgIpc) is 3.24. The van der Waals surface area contributed by atoms with E-state index in [1.807, 2.05) is 12.1 Å². The Bertz CT molecular complexity index is 726. The minimum atomic E-state index is -0.737. The summed E-state index contributed by atoms with van der Waals surface area (Å²) in [7, 11) is 0. The highest BCUT2D eigenvalue weighted by Gasteiger charge is 2.40. The molecule has 0 aromatic carbocycles. The van der Waals surface area contributed by atoms with E-state index >= 15 is 0 Å². The van der Waals surface area contributed by atoms with Gasteiger partial charge in [0.1, 0.15) is 0 Å². The van der Waals surface area contributed by atoms with Gasteiger partial charge in [-0.05, 0) is 62.5 Å². The maximum atomic E-state index is 13.0. The number of halogens is 1. The topological polar surface area (TPSA) is 111 Å². The number of rotatable bonds is 5. The van der Waals surface area contributed by atoms with Crippen molar-refractivity contribution in [1.29, 1.82) is 0 Å². The fourth-order valence-corrected chi connectivity index (χ4v) is 5.95. The molecule has 2 aliphatic carbocycles. The van der Waals surface area contributed by atoms with Gasteiger partial charge in [-0.1, -0.05) is 12.8 Å². The van der Waals surface area contributed by atoms with Crippen LogP contribution in [0.15, 0.2) is 18.3 Å². The number of hydrogen-bond donors (Lipinski definition) is 4. The largest absolute Gasteiger partial charge is 0.390 e. The van der Waals surface area contributed by atoms with Crippen molar-refractivity contribution in [2.24, 2.45) is 11.8 Å². The van der Waals surface area contributed by atoms with E-state index in [1.54, 1.807) is 6.20 Å². The Morgan fingerprint density at radius 2 is 2.00 bits per heavy atom. The molecule has 3 fully saturated rings. The van der Waals surface area contributed by atoms with Crippen molar-refractivity contribution in [3.63, 3.8) is 0 Å². The molecule has 2 saturated carbocycles. The molecule has 2 heterocycles. The van der Waals surface area contributed by atoms with Crippen LogP contribution in [0.3, 0.4) is 0 Å². The van der Waals surface area contributed by atoms with Crippen LogP contribution < -0.4 is 15.5 Å². The molecule has 1 aliphatic heterocycles. The number of urea groups is 1. The molecular formula is C22H34ClN5O3. The summed E-state index contributed by atoms with van der Waals surface area (Å²) in [6.07, 6.45) is 7.11. The quantitative estimate of drug-likeness (QED) is 0.510. The van der Waals surface area contributed by atoms with Crippen LogP contribution in [0.5, 0.6) is 0 Å². The Hall–Kier alpha value is -1.64. The first-order valence-corrected chi connectivity index (χ1v) is 12.0. The predicted octanol–water partition coefficient (Wildman–Crippen LogP) is 2.04. The van der Waals surface area contributed by atoms with Gasteiger partial charge in [-0.3, -0.25) is 0 Å². The fraction of sp³-hybridized carbons (Fsp3) is 0.773. The molecule has 172 valence electrons. The minimum Gasteiger partial charge on any atom is -0.390 e. The summed E-state index contributed by atoms with van der Waals surface area (Å²) in [6.45, 7) is 1.53. The lowest BCUT2D eigenvalue weighted by Gasteiger charge is -2.42. The highest BCUT2D eigenvalue weighted by molar-refractivity contribution is 6.20. The van der Waals surface area contributed by atoms with Crippen LogP contribution in [0.2, 0.25) is 0 Å². The monoisotopic (exact) mass is 451 g/mol. The molecule has 7 atom stereocenters. The molecule has 7 unspecified atom stereocenters. The van der Waals surface area contributed by atoms with Gasteiger partial charge in [0.2, 0.25) is 0 Å². The van der Waals surface area contributed by atoms with E-state index in [2.05, 4.69) is 25.7 Å². The molecule has 4 rings (SSSR count). The summed E-state index contributed by atoms with van der Waals surface area (Å²) < 4.78 is 0. The smallest absolute Gasteiger partial charge is 0.315 e. The first-order chi connectivity index (χ1) is 15.0. The Labute approximate surface area is 188 Å². The van der Waals surface area contributed by atoms with Crippen molar-refractivity contribution in [3.8, 4) is 0 Å². The number of nitrogens with zero attached hydrogens (tertiary/aromatic N) is 3. The Kier molecular flexibility index (Phi) is 7.51. The van der Waals surface area contributed by atoms with E-state index in [1.165, 1.54) is 0 Å². The number of carbonyl (C=O) groups excluding carboxylic acids is 1. The second-order valence-corrected chi connectivity index (χ2v) is 9.89. The number of aliphatic hydroxyl groups excluding tert-OH is 2. The molecule has 1 saturated heterocycles. The van der Waals surface area contributed by atoms with Gasteiger partial charge in [0.05, 0.1) is 12.2 Å². The molecular weight excluding hydrogens is 418 g/mol. The van der Waals surface area contributed by atoms with E-state index in [-0.39, 0.29) is 35.3 Å². The van der Waals surface area contributed by atoms with Gasteiger partial charge in [-0.2, -0.15) is 5.10 Å². The van der Waals surface area contributed by atoms with Gasteiger partial charge in [0, 0.05) is 36.7 Å². The van der Waals surface area contributed by atoms with E-state index < -0.39 is 12.2 Å². The van der Waals surface area contributed by atoms with Crippen LogP contribution in [-0.4, -0.2) is 69.2 Å². The molecule has 8 nitrogen and oxygen atoms in total. The van der Waals surface area contributed by atoms with Gasteiger partial charge >= 0.3 is 6.03 Å². The maximum Gasteiger partial charge on any atom is 0.315 e. The lowest BCUT2D eigenvalue weighted by atomic mass is 9.72. The van der Waals surface area contributed by atoms with Crippen LogP contribution in [0.4, 0.5) is 10.6 Å². The molecule has 31 heavy (non-hydrogen) atoms. The number of hydrogen-bond acceptors (Lipinski definition) is 6. The van der Waals surface area contributed by atoms with E-state index in [9.17, 15) is 15.0 Å². The van der Waals surface area contributed by atoms with Gasteiger partial charge in [-0.25, -0.2) is 4.79 Å². The second kappa shape index (κ2) is 10.3.